The third-order valence-electron chi connectivity index (χ3n) is 4.00. The smallest absolute Gasteiger partial charge is 0.354 e. The molecule has 0 aliphatic carbocycles. The van der Waals surface area contributed by atoms with E-state index >= 15 is 0 Å². The fourth-order valence-corrected chi connectivity index (χ4v) is 2.89. The van der Waals surface area contributed by atoms with Crippen LogP contribution in [0.15, 0.2) is 30.7 Å². The predicted molar refractivity (Wildman–Crippen MR) is 82.4 cm³/mol. The number of rotatable bonds is 5. The third kappa shape index (κ3) is 4.44. The second-order valence-corrected chi connectivity index (χ2v) is 5.83. The fourth-order valence-electron chi connectivity index (χ4n) is 2.89. The summed E-state index contributed by atoms with van der Waals surface area (Å²) in [6.07, 6.45) is 2.10. The first kappa shape index (κ1) is 16.7. The van der Waals surface area contributed by atoms with Gasteiger partial charge in [-0.25, -0.2) is 4.98 Å². The van der Waals surface area contributed by atoms with Crippen molar-refractivity contribution in [2.75, 3.05) is 18.0 Å². The largest absolute Gasteiger partial charge is 0.406 e. The van der Waals surface area contributed by atoms with Gasteiger partial charge in [0.05, 0.1) is 6.54 Å². The van der Waals surface area contributed by atoms with Gasteiger partial charge in [-0.1, -0.05) is 0 Å². The molecule has 0 saturated carbocycles. The van der Waals surface area contributed by atoms with Crippen molar-refractivity contribution in [2.45, 2.75) is 38.1 Å². The molecule has 1 saturated heterocycles. The number of piperidine rings is 1. The van der Waals surface area contributed by atoms with Crippen LogP contribution < -0.4 is 10.2 Å². The molecular weight excluding hydrogens is 321 g/mol. The van der Waals surface area contributed by atoms with Crippen molar-refractivity contribution < 1.29 is 13.2 Å². The lowest BCUT2D eigenvalue weighted by atomic mass is 10.1. The van der Waals surface area contributed by atoms with Crippen molar-refractivity contribution in [3.8, 4) is 0 Å². The summed E-state index contributed by atoms with van der Waals surface area (Å²) in [4.78, 5) is 6.16. The van der Waals surface area contributed by atoms with E-state index in [1.807, 2.05) is 12.1 Å². The number of imidazole rings is 1. The van der Waals surface area contributed by atoms with Gasteiger partial charge in [0, 0.05) is 37.7 Å². The minimum atomic E-state index is -4.25. The predicted octanol–water partition coefficient (Wildman–Crippen LogP) is 1.99. The van der Waals surface area contributed by atoms with Gasteiger partial charge in [-0.2, -0.15) is 18.3 Å². The van der Waals surface area contributed by atoms with Crippen molar-refractivity contribution in [3.05, 3.63) is 36.5 Å². The Labute approximate surface area is 137 Å². The summed E-state index contributed by atoms with van der Waals surface area (Å²) in [6, 6.07) is 3.93. The first-order chi connectivity index (χ1) is 11.5. The molecule has 3 rings (SSSR count). The summed E-state index contributed by atoms with van der Waals surface area (Å²) < 4.78 is 38.8. The van der Waals surface area contributed by atoms with Gasteiger partial charge in [0.15, 0.2) is 5.82 Å². The number of aromatic nitrogens is 4. The maximum absolute atomic E-state index is 12.5. The van der Waals surface area contributed by atoms with Crippen molar-refractivity contribution in [1.82, 2.24) is 25.1 Å². The van der Waals surface area contributed by atoms with Crippen LogP contribution >= 0.6 is 0 Å². The summed E-state index contributed by atoms with van der Waals surface area (Å²) in [6.45, 7) is 0.945. The molecule has 2 aromatic rings. The summed E-state index contributed by atoms with van der Waals surface area (Å²) in [5.41, 5.74) is 0. The molecule has 1 atom stereocenters. The maximum Gasteiger partial charge on any atom is 0.406 e. The Kier molecular flexibility index (Phi) is 4.98. The highest BCUT2D eigenvalue weighted by atomic mass is 19.4. The fraction of sp³-hybridized carbons (Fsp3) is 0.533. The van der Waals surface area contributed by atoms with Crippen LogP contribution in [-0.2, 0) is 13.1 Å². The van der Waals surface area contributed by atoms with Crippen molar-refractivity contribution in [2.24, 2.45) is 0 Å². The number of nitrogens with zero attached hydrogens (tertiary/aromatic N) is 5. The molecule has 0 amide bonds. The van der Waals surface area contributed by atoms with E-state index in [0.29, 0.717) is 12.4 Å². The number of anilines is 1. The normalized spacial score (nSPS) is 18.8. The number of hydrogen-bond donors (Lipinski definition) is 1. The van der Waals surface area contributed by atoms with E-state index < -0.39 is 12.7 Å². The highest BCUT2D eigenvalue weighted by Crippen LogP contribution is 2.19. The molecule has 1 aliphatic rings. The van der Waals surface area contributed by atoms with Crippen molar-refractivity contribution >= 4 is 5.82 Å². The van der Waals surface area contributed by atoms with Gasteiger partial charge in [-0.15, -0.1) is 5.10 Å². The van der Waals surface area contributed by atoms with Gasteiger partial charge in [0.2, 0.25) is 0 Å². The molecule has 3 heterocycles. The van der Waals surface area contributed by atoms with E-state index in [0.717, 1.165) is 36.3 Å². The molecule has 6 nitrogen and oxygen atoms in total. The second kappa shape index (κ2) is 7.16. The number of hydrogen-bond acceptors (Lipinski definition) is 5. The van der Waals surface area contributed by atoms with Crippen LogP contribution in [0.1, 0.15) is 18.7 Å². The molecule has 0 unspecified atom stereocenters. The third-order valence-corrected chi connectivity index (χ3v) is 4.00. The number of halogens is 3. The van der Waals surface area contributed by atoms with Crippen molar-refractivity contribution in [3.63, 3.8) is 0 Å². The molecule has 0 radical (unpaired) electrons. The van der Waals surface area contributed by atoms with Gasteiger partial charge in [0.1, 0.15) is 12.4 Å². The Morgan fingerprint density at radius 1 is 1.29 bits per heavy atom. The summed E-state index contributed by atoms with van der Waals surface area (Å²) in [5, 5.41) is 11.3. The molecule has 9 heteroatoms. The molecule has 24 heavy (non-hydrogen) atoms. The second-order valence-electron chi connectivity index (χ2n) is 5.83. The molecule has 1 N–H and O–H groups in total. The Morgan fingerprint density at radius 3 is 2.92 bits per heavy atom. The molecule has 0 spiro atoms. The topological polar surface area (TPSA) is 58.9 Å². The highest BCUT2D eigenvalue weighted by molar-refractivity contribution is 5.37. The Hall–Kier alpha value is -2.16. The van der Waals surface area contributed by atoms with Gasteiger partial charge < -0.3 is 14.8 Å². The van der Waals surface area contributed by atoms with Crippen LogP contribution in [0.25, 0.3) is 0 Å². The van der Waals surface area contributed by atoms with Crippen LogP contribution in [0.5, 0.6) is 0 Å². The molecule has 0 bridgehead atoms. The van der Waals surface area contributed by atoms with Gasteiger partial charge in [-0.05, 0) is 25.0 Å². The highest BCUT2D eigenvalue weighted by Gasteiger charge is 2.29. The zero-order chi connectivity index (χ0) is 17.0. The lowest BCUT2D eigenvalue weighted by Crippen LogP contribution is -2.46. The summed E-state index contributed by atoms with van der Waals surface area (Å²) in [5.74, 6) is 1.21. The van der Waals surface area contributed by atoms with Gasteiger partial charge >= 0.3 is 6.18 Å². The maximum atomic E-state index is 12.5. The van der Waals surface area contributed by atoms with Crippen LogP contribution in [-0.4, -0.2) is 45.1 Å². The van der Waals surface area contributed by atoms with Gasteiger partial charge in [-0.3, -0.25) is 0 Å². The first-order valence-corrected chi connectivity index (χ1v) is 7.84. The zero-order valence-corrected chi connectivity index (χ0v) is 13.1. The summed E-state index contributed by atoms with van der Waals surface area (Å²) >= 11 is 0. The van der Waals surface area contributed by atoms with E-state index in [9.17, 15) is 13.2 Å². The Morgan fingerprint density at radius 2 is 2.17 bits per heavy atom. The molecule has 1 aliphatic heterocycles. The minimum absolute atomic E-state index is 0.178. The lowest BCUT2D eigenvalue weighted by Gasteiger charge is -2.33. The minimum Gasteiger partial charge on any atom is -0.354 e. The molecule has 1 fully saturated rings. The SMILES string of the molecule is FC(F)(F)Cn1ccnc1CN[C@H]1CCCN(c2cccnn2)C1. The van der Waals surface area contributed by atoms with Crippen LogP contribution in [0, 0.1) is 0 Å². The molecule has 0 aromatic carbocycles. The van der Waals surface area contributed by atoms with E-state index in [-0.39, 0.29) is 6.04 Å². The Balaban J connectivity index is 1.56. The quantitative estimate of drug-likeness (QED) is 0.902. The molecule has 130 valence electrons. The standard InChI is InChI=1S/C15H19F3N6/c16-15(17,18)11-24-8-6-19-14(24)9-20-12-3-2-7-23(10-12)13-4-1-5-21-22-13/h1,4-6,8,12,20H,2-3,7,9-11H2/t12-/m0/s1. The molecular formula is C15H19F3N6. The van der Waals surface area contributed by atoms with Crippen LogP contribution in [0.2, 0.25) is 0 Å². The Bertz CT molecular complexity index is 642. The number of nitrogens with one attached hydrogen (secondary N) is 1. The van der Waals surface area contributed by atoms with Crippen LogP contribution in [0.4, 0.5) is 19.0 Å². The van der Waals surface area contributed by atoms with E-state index in [2.05, 4.69) is 25.4 Å². The van der Waals surface area contributed by atoms with Gasteiger partial charge in [0.25, 0.3) is 0 Å². The van der Waals surface area contributed by atoms with Crippen LogP contribution in [0.3, 0.4) is 0 Å². The average molecular weight is 340 g/mol. The summed E-state index contributed by atoms with van der Waals surface area (Å²) in [7, 11) is 0. The van der Waals surface area contributed by atoms with E-state index in [4.69, 9.17) is 0 Å². The van der Waals surface area contributed by atoms with E-state index in [1.54, 1.807) is 6.20 Å². The van der Waals surface area contributed by atoms with E-state index in [1.165, 1.54) is 12.4 Å². The van der Waals surface area contributed by atoms with Crippen molar-refractivity contribution in [1.29, 1.82) is 0 Å². The average Bonchev–Trinajstić information content (AvgIpc) is 2.99. The zero-order valence-electron chi connectivity index (χ0n) is 13.1. The molecule has 2 aromatic heterocycles. The lowest BCUT2D eigenvalue weighted by molar-refractivity contribution is -0.141. The number of alkyl halides is 3. The monoisotopic (exact) mass is 340 g/mol. The first-order valence-electron chi connectivity index (χ1n) is 7.84.